The molecule has 0 aliphatic carbocycles. The molecule has 0 amide bonds. The van der Waals surface area contributed by atoms with Crippen molar-refractivity contribution in [3.8, 4) is 0 Å². The normalized spacial score (nSPS) is 23.1. The zero-order chi connectivity index (χ0) is 14.8. The molecular formula is C13H21BrN2O2S2. The van der Waals surface area contributed by atoms with Crippen LogP contribution in [0.2, 0.25) is 0 Å². The molecule has 0 bridgehead atoms. The molecule has 20 heavy (non-hydrogen) atoms. The van der Waals surface area contributed by atoms with Crippen LogP contribution in [0.4, 0.5) is 0 Å². The van der Waals surface area contributed by atoms with Crippen LogP contribution in [0.25, 0.3) is 0 Å². The van der Waals surface area contributed by atoms with E-state index < -0.39 is 9.84 Å². The molecule has 1 saturated heterocycles. The molecule has 114 valence electrons. The van der Waals surface area contributed by atoms with E-state index in [9.17, 15) is 8.42 Å². The second-order valence-corrected chi connectivity index (χ2v) is 9.39. The first kappa shape index (κ1) is 16.4. The van der Waals surface area contributed by atoms with Crippen LogP contribution in [0, 0.1) is 0 Å². The number of halogens is 1. The highest BCUT2D eigenvalue weighted by Crippen LogP contribution is 2.33. The number of rotatable bonds is 4. The molecule has 1 aliphatic heterocycles. The summed E-state index contributed by atoms with van der Waals surface area (Å²) in [5.74, 6) is 0.540. The molecule has 1 fully saturated rings. The summed E-state index contributed by atoms with van der Waals surface area (Å²) in [7, 11) is -2.88. The number of hydrogen-bond donors (Lipinski definition) is 1. The topological polar surface area (TPSA) is 63.4 Å². The number of nitrogens with zero attached hydrogens (tertiary/aromatic N) is 1. The van der Waals surface area contributed by atoms with E-state index in [0.29, 0.717) is 18.7 Å². The third-order valence-corrected chi connectivity index (χ3v) is 7.22. The molecular weight excluding hydrogens is 360 g/mol. The van der Waals surface area contributed by atoms with Gasteiger partial charge in [-0.25, -0.2) is 8.42 Å². The van der Waals surface area contributed by atoms with E-state index in [4.69, 9.17) is 5.73 Å². The van der Waals surface area contributed by atoms with Crippen molar-refractivity contribution < 1.29 is 8.42 Å². The molecule has 2 N–H and O–H groups in total. The van der Waals surface area contributed by atoms with Gasteiger partial charge in [-0.15, -0.1) is 11.3 Å². The van der Waals surface area contributed by atoms with Gasteiger partial charge in [-0.3, -0.25) is 4.90 Å². The third kappa shape index (κ3) is 4.04. The van der Waals surface area contributed by atoms with Gasteiger partial charge in [0, 0.05) is 27.3 Å². The van der Waals surface area contributed by atoms with Crippen LogP contribution in [0.15, 0.2) is 15.9 Å². The van der Waals surface area contributed by atoms with Crippen LogP contribution in [-0.4, -0.2) is 44.0 Å². The van der Waals surface area contributed by atoms with Crippen molar-refractivity contribution in [1.82, 2.24) is 4.90 Å². The van der Waals surface area contributed by atoms with Crippen LogP contribution in [0.1, 0.15) is 30.7 Å². The highest BCUT2D eigenvalue weighted by atomic mass is 79.9. The summed E-state index contributed by atoms with van der Waals surface area (Å²) >= 11 is 5.17. The Balaban J connectivity index is 2.23. The predicted octanol–water partition coefficient (Wildman–Crippen LogP) is 2.41. The van der Waals surface area contributed by atoms with Gasteiger partial charge in [-0.1, -0.05) is 6.92 Å². The molecule has 1 aliphatic rings. The standard InChI is InChI=1S/C13H21BrN2O2S2/c1-2-11(15)13(12-8-10(14)9-19-12)16-4-3-6-20(17,18)7-5-16/h8-9,11,13H,2-7,15H2,1H3. The Labute approximate surface area is 133 Å². The molecule has 2 rings (SSSR count). The first-order valence-electron chi connectivity index (χ1n) is 6.87. The van der Waals surface area contributed by atoms with Crippen molar-refractivity contribution in [3.05, 3.63) is 20.8 Å². The monoisotopic (exact) mass is 380 g/mol. The maximum absolute atomic E-state index is 11.8. The maximum Gasteiger partial charge on any atom is 0.151 e. The van der Waals surface area contributed by atoms with E-state index in [0.717, 1.165) is 17.4 Å². The van der Waals surface area contributed by atoms with Gasteiger partial charge in [0.1, 0.15) is 0 Å². The lowest BCUT2D eigenvalue weighted by atomic mass is 10.0. The zero-order valence-electron chi connectivity index (χ0n) is 11.6. The van der Waals surface area contributed by atoms with Gasteiger partial charge < -0.3 is 5.73 Å². The molecule has 2 unspecified atom stereocenters. The van der Waals surface area contributed by atoms with Crippen LogP contribution in [0.5, 0.6) is 0 Å². The van der Waals surface area contributed by atoms with E-state index in [1.165, 1.54) is 4.88 Å². The highest BCUT2D eigenvalue weighted by molar-refractivity contribution is 9.10. The molecule has 1 aromatic rings. The molecule has 2 atom stereocenters. The number of hydrogen-bond acceptors (Lipinski definition) is 5. The average molecular weight is 381 g/mol. The Hall–Kier alpha value is 0.0500. The largest absolute Gasteiger partial charge is 0.326 e. The quantitative estimate of drug-likeness (QED) is 0.870. The fraction of sp³-hybridized carbons (Fsp3) is 0.692. The van der Waals surface area contributed by atoms with E-state index in [1.54, 1.807) is 11.3 Å². The molecule has 0 saturated carbocycles. The van der Waals surface area contributed by atoms with Crippen molar-refractivity contribution in [1.29, 1.82) is 0 Å². The van der Waals surface area contributed by atoms with Crippen LogP contribution in [-0.2, 0) is 9.84 Å². The SMILES string of the molecule is CCC(N)C(c1cc(Br)cs1)N1CCCS(=O)(=O)CC1. The first-order chi connectivity index (χ1) is 9.43. The molecule has 4 nitrogen and oxygen atoms in total. The third-order valence-electron chi connectivity index (χ3n) is 3.74. The summed E-state index contributed by atoms with van der Waals surface area (Å²) < 4.78 is 24.6. The summed E-state index contributed by atoms with van der Waals surface area (Å²) in [6, 6.07) is 2.25. The lowest BCUT2D eigenvalue weighted by molar-refractivity contribution is 0.185. The number of thiophene rings is 1. The highest BCUT2D eigenvalue weighted by Gasteiger charge is 2.30. The van der Waals surface area contributed by atoms with E-state index in [1.807, 2.05) is 0 Å². The number of sulfone groups is 1. The minimum absolute atomic E-state index is 0.0290. The summed E-state index contributed by atoms with van der Waals surface area (Å²) in [5.41, 5.74) is 6.31. The summed E-state index contributed by atoms with van der Waals surface area (Å²) in [6.07, 6.45) is 1.57. The first-order valence-corrected chi connectivity index (χ1v) is 10.4. The van der Waals surface area contributed by atoms with Gasteiger partial charge in [0.25, 0.3) is 0 Å². The van der Waals surface area contributed by atoms with E-state index in [-0.39, 0.29) is 17.8 Å². The van der Waals surface area contributed by atoms with Gasteiger partial charge in [0.05, 0.1) is 17.5 Å². The molecule has 0 spiro atoms. The van der Waals surface area contributed by atoms with Crippen molar-refractivity contribution in [3.63, 3.8) is 0 Å². The van der Waals surface area contributed by atoms with Crippen molar-refractivity contribution >= 4 is 37.1 Å². The lowest BCUT2D eigenvalue weighted by Gasteiger charge is -2.33. The average Bonchev–Trinajstić information content (AvgIpc) is 2.73. The Morgan fingerprint density at radius 1 is 1.45 bits per heavy atom. The smallest absolute Gasteiger partial charge is 0.151 e. The van der Waals surface area contributed by atoms with Crippen LogP contribution >= 0.6 is 27.3 Å². The van der Waals surface area contributed by atoms with Crippen molar-refractivity contribution in [2.75, 3.05) is 24.6 Å². The van der Waals surface area contributed by atoms with Crippen LogP contribution in [0.3, 0.4) is 0 Å². The Kier molecular flexibility index (Phi) is 5.64. The van der Waals surface area contributed by atoms with Crippen molar-refractivity contribution in [2.45, 2.75) is 31.8 Å². The predicted molar refractivity (Wildman–Crippen MR) is 87.9 cm³/mol. The van der Waals surface area contributed by atoms with Gasteiger partial charge in [-0.2, -0.15) is 0 Å². The molecule has 0 aromatic carbocycles. The van der Waals surface area contributed by atoms with Crippen LogP contribution < -0.4 is 5.73 Å². The Morgan fingerprint density at radius 3 is 2.80 bits per heavy atom. The Bertz CT molecular complexity index is 544. The maximum atomic E-state index is 11.8. The summed E-state index contributed by atoms with van der Waals surface area (Å²) in [4.78, 5) is 3.46. The second kappa shape index (κ2) is 6.87. The second-order valence-electron chi connectivity index (χ2n) is 5.23. The molecule has 2 heterocycles. The fourth-order valence-electron chi connectivity index (χ4n) is 2.60. The lowest BCUT2D eigenvalue weighted by Crippen LogP contribution is -2.41. The van der Waals surface area contributed by atoms with Crippen molar-refractivity contribution in [2.24, 2.45) is 5.73 Å². The minimum Gasteiger partial charge on any atom is -0.326 e. The Morgan fingerprint density at radius 2 is 2.20 bits per heavy atom. The zero-order valence-corrected chi connectivity index (χ0v) is 14.8. The molecule has 1 aromatic heterocycles. The minimum atomic E-state index is -2.88. The summed E-state index contributed by atoms with van der Waals surface area (Å²) in [6.45, 7) is 3.46. The number of nitrogens with two attached hydrogens (primary N) is 1. The summed E-state index contributed by atoms with van der Waals surface area (Å²) in [5, 5.41) is 2.05. The van der Waals surface area contributed by atoms with E-state index >= 15 is 0 Å². The molecule has 7 heteroatoms. The van der Waals surface area contributed by atoms with Gasteiger partial charge >= 0.3 is 0 Å². The van der Waals surface area contributed by atoms with Gasteiger partial charge in [-0.05, 0) is 41.4 Å². The fourth-order valence-corrected chi connectivity index (χ4v) is 5.54. The van der Waals surface area contributed by atoms with Gasteiger partial charge in [0.15, 0.2) is 9.84 Å². The molecule has 0 radical (unpaired) electrons. The van der Waals surface area contributed by atoms with Gasteiger partial charge in [0.2, 0.25) is 0 Å². The van der Waals surface area contributed by atoms with E-state index in [2.05, 4.69) is 39.2 Å².